The second-order valence-electron chi connectivity index (χ2n) is 9.00. The van der Waals surface area contributed by atoms with Gasteiger partial charge in [0.15, 0.2) is 0 Å². The zero-order valence-electron chi connectivity index (χ0n) is 18.4. The molecule has 2 bridgehead atoms. The van der Waals surface area contributed by atoms with Gasteiger partial charge in [0.25, 0.3) is 5.91 Å². The maximum Gasteiger partial charge on any atom is 0.255 e. The van der Waals surface area contributed by atoms with Crippen molar-refractivity contribution in [3.8, 4) is 17.1 Å². The summed E-state index contributed by atoms with van der Waals surface area (Å²) in [4.78, 5) is 24.8. The van der Waals surface area contributed by atoms with Crippen LogP contribution in [0, 0.1) is 12.8 Å². The molecule has 4 heterocycles. The maximum atomic E-state index is 13.7. The van der Waals surface area contributed by atoms with Crippen LogP contribution in [0.3, 0.4) is 0 Å². The third-order valence-corrected chi connectivity index (χ3v) is 6.91. The van der Waals surface area contributed by atoms with Crippen LogP contribution in [-0.4, -0.2) is 49.7 Å². The molecule has 2 aromatic heterocycles. The lowest BCUT2D eigenvalue weighted by atomic mass is 9.90. The molecule has 3 unspecified atom stereocenters. The number of aromatic nitrogens is 4. The highest BCUT2D eigenvalue weighted by atomic mass is 16.5. The van der Waals surface area contributed by atoms with E-state index in [0.717, 1.165) is 47.2 Å². The summed E-state index contributed by atoms with van der Waals surface area (Å²) in [6.45, 7) is 2.50. The number of rotatable bonds is 5. The molecule has 7 heteroatoms. The van der Waals surface area contributed by atoms with E-state index in [0.29, 0.717) is 24.0 Å². The second kappa shape index (κ2) is 7.99. The van der Waals surface area contributed by atoms with Gasteiger partial charge in [-0.1, -0.05) is 30.3 Å². The summed E-state index contributed by atoms with van der Waals surface area (Å²) < 4.78 is 6.05. The van der Waals surface area contributed by atoms with E-state index in [9.17, 15) is 4.79 Å². The Kier molecular flexibility index (Phi) is 4.82. The molecule has 2 aliphatic rings. The summed E-state index contributed by atoms with van der Waals surface area (Å²) in [7, 11) is 0. The molecule has 0 aliphatic carbocycles. The monoisotopic (exact) mass is 439 g/mol. The summed E-state index contributed by atoms with van der Waals surface area (Å²) in [5.41, 5.74) is 5.04. The molecular formula is C26H25N5O2. The van der Waals surface area contributed by atoms with Crippen molar-refractivity contribution < 1.29 is 9.53 Å². The van der Waals surface area contributed by atoms with Gasteiger partial charge in [0, 0.05) is 34.8 Å². The number of fused-ring (bicyclic) bond motifs is 3. The van der Waals surface area contributed by atoms with E-state index in [-0.39, 0.29) is 18.0 Å². The first-order valence-electron chi connectivity index (χ1n) is 11.5. The Morgan fingerprint density at radius 1 is 1.12 bits per heavy atom. The number of H-pyrrole nitrogens is 1. The van der Waals surface area contributed by atoms with Gasteiger partial charge in [-0.15, -0.1) is 0 Å². The van der Waals surface area contributed by atoms with E-state index in [4.69, 9.17) is 4.74 Å². The number of para-hydroxylation sites is 2. The normalized spacial score (nSPS) is 21.6. The molecule has 1 amide bonds. The molecule has 1 N–H and O–H groups in total. The third kappa shape index (κ3) is 3.53. The fourth-order valence-corrected chi connectivity index (χ4v) is 5.40. The minimum absolute atomic E-state index is 0.0896. The number of hydrogen-bond acceptors (Lipinski definition) is 5. The van der Waals surface area contributed by atoms with Crippen LogP contribution in [0.15, 0.2) is 60.8 Å². The predicted octanol–water partition coefficient (Wildman–Crippen LogP) is 4.40. The summed E-state index contributed by atoms with van der Waals surface area (Å²) in [6.07, 6.45) is 4.70. The number of aromatic amines is 1. The Morgan fingerprint density at radius 2 is 1.94 bits per heavy atom. The Balaban J connectivity index is 1.20. The van der Waals surface area contributed by atoms with Gasteiger partial charge >= 0.3 is 0 Å². The highest BCUT2D eigenvalue weighted by Crippen LogP contribution is 2.43. The van der Waals surface area contributed by atoms with Crippen molar-refractivity contribution in [2.75, 3.05) is 6.61 Å². The molecule has 0 saturated carbocycles. The minimum Gasteiger partial charge on any atom is -0.476 e. The molecule has 0 spiro atoms. The van der Waals surface area contributed by atoms with Crippen LogP contribution in [0.5, 0.6) is 5.88 Å². The number of ether oxygens (including phenoxy) is 1. The molecule has 33 heavy (non-hydrogen) atoms. The molecule has 6 rings (SSSR count). The van der Waals surface area contributed by atoms with Crippen LogP contribution in [0.1, 0.15) is 35.3 Å². The number of nitrogens with zero attached hydrogens (tertiary/aromatic N) is 4. The van der Waals surface area contributed by atoms with Crippen molar-refractivity contribution in [3.05, 3.63) is 72.1 Å². The van der Waals surface area contributed by atoms with E-state index < -0.39 is 0 Å². The predicted molar refractivity (Wildman–Crippen MR) is 125 cm³/mol. The summed E-state index contributed by atoms with van der Waals surface area (Å²) in [5, 5.41) is 7.36. The van der Waals surface area contributed by atoms with Crippen molar-refractivity contribution in [1.82, 2.24) is 25.1 Å². The van der Waals surface area contributed by atoms with E-state index in [2.05, 4.69) is 25.1 Å². The molecule has 2 aliphatic heterocycles. The van der Waals surface area contributed by atoms with Gasteiger partial charge in [-0.3, -0.25) is 9.89 Å². The second-order valence-corrected chi connectivity index (χ2v) is 9.00. The van der Waals surface area contributed by atoms with Crippen molar-refractivity contribution >= 4 is 16.9 Å². The van der Waals surface area contributed by atoms with Crippen molar-refractivity contribution in [1.29, 1.82) is 0 Å². The quantitative estimate of drug-likeness (QED) is 0.498. The van der Waals surface area contributed by atoms with E-state index in [1.54, 1.807) is 6.20 Å². The first-order valence-corrected chi connectivity index (χ1v) is 11.5. The lowest BCUT2D eigenvalue weighted by molar-refractivity contribution is 0.0710. The fraction of sp³-hybridized carbons (Fsp3) is 0.308. The smallest absolute Gasteiger partial charge is 0.255 e. The SMILES string of the molecule is Cc1cc(-c2ccccc2C(=O)N2C3CCC2C(COc2cnc4ccccc4n2)C3)n[nH]1. The number of benzene rings is 2. The fourth-order valence-electron chi connectivity index (χ4n) is 5.40. The Bertz CT molecular complexity index is 1330. The van der Waals surface area contributed by atoms with Crippen LogP contribution in [0.4, 0.5) is 0 Å². The topological polar surface area (TPSA) is 84.0 Å². The van der Waals surface area contributed by atoms with Gasteiger partial charge < -0.3 is 9.64 Å². The molecule has 3 atom stereocenters. The van der Waals surface area contributed by atoms with Crippen LogP contribution >= 0.6 is 0 Å². The molecule has 2 saturated heterocycles. The Labute approximate surface area is 191 Å². The van der Waals surface area contributed by atoms with Crippen LogP contribution < -0.4 is 4.74 Å². The molecule has 166 valence electrons. The van der Waals surface area contributed by atoms with Gasteiger partial charge in [0.05, 0.1) is 29.5 Å². The molecular weight excluding hydrogens is 414 g/mol. The number of aryl methyl sites for hydroxylation is 1. The summed E-state index contributed by atoms with van der Waals surface area (Å²) in [5.74, 6) is 0.918. The lowest BCUT2D eigenvalue weighted by Crippen LogP contribution is -2.37. The van der Waals surface area contributed by atoms with Crippen LogP contribution in [0.25, 0.3) is 22.3 Å². The van der Waals surface area contributed by atoms with Gasteiger partial charge in [-0.2, -0.15) is 5.10 Å². The Morgan fingerprint density at radius 3 is 2.79 bits per heavy atom. The minimum atomic E-state index is 0.0896. The van der Waals surface area contributed by atoms with Gasteiger partial charge in [0.1, 0.15) is 0 Å². The van der Waals surface area contributed by atoms with Crippen molar-refractivity contribution in [2.24, 2.45) is 5.92 Å². The largest absolute Gasteiger partial charge is 0.476 e. The molecule has 2 fully saturated rings. The highest BCUT2D eigenvalue weighted by molar-refractivity contribution is 6.01. The number of hydrogen-bond donors (Lipinski definition) is 1. The zero-order valence-corrected chi connectivity index (χ0v) is 18.4. The number of carbonyl (C=O) groups excluding carboxylic acids is 1. The van der Waals surface area contributed by atoms with Crippen molar-refractivity contribution in [3.63, 3.8) is 0 Å². The number of carbonyl (C=O) groups is 1. The summed E-state index contributed by atoms with van der Waals surface area (Å²) in [6, 6.07) is 18.0. The standard InChI is InChI=1S/C26H25N5O2/c1-16-12-23(30-29-16)19-6-2-3-7-20(19)26(32)31-18-10-11-24(31)17(13-18)15-33-25-14-27-21-8-4-5-9-22(21)28-25/h2-9,12,14,17-18,24H,10-11,13,15H2,1H3,(H,29,30). The van der Waals surface area contributed by atoms with Gasteiger partial charge in [0.2, 0.25) is 5.88 Å². The first-order chi connectivity index (χ1) is 16.2. The summed E-state index contributed by atoms with van der Waals surface area (Å²) >= 11 is 0. The van der Waals surface area contributed by atoms with Gasteiger partial charge in [-0.05, 0) is 50.5 Å². The van der Waals surface area contributed by atoms with E-state index in [1.165, 1.54) is 0 Å². The van der Waals surface area contributed by atoms with E-state index >= 15 is 0 Å². The average Bonchev–Trinajstić information content (AvgIpc) is 3.56. The Hall–Kier alpha value is -3.74. The molecule has 7 nitrogen and oxygen atoms in total. The third-order valence-electron chi connectivity index (χ3n) is 6.91. The van der Waals surface area contributed by atoms with E-state index in [1.807, 2.05) is 61.5 Å². The average molecular weight is 440 g/mol. The zero-order chi connectivity index (χ0) is 22.4. The van der Waals surface area contributed by atoms with Crippen LogP contribution in [-0.2, 0) is 0 Å². The number of nitrogens with one attached hydrogen (secondary N) is 1. The first kappa shape index (κ1) is 19.9. The maximum absolute atomic E-state index is 13.7. The highest BCUT2D eigenvalue weighted by Gasteiger charge is 2.49. The lowest BCUT2D eigenvalue weighted by Gasteiger charge is -2.25. The van der Waals surface area contributed by atoms with Crippen molar-refractivity contribution in [2.45, 2.75) is 38.3 Å². The molecule has 0 radical (unpaired) electrons. The molecule has 4 aromatic rings. The van der Waals surface area contributed by atoms with Crippen LogP contribution in [0.2, 0.25) is 0 Å². The molecule has 2 aromatic carbocycles. The number of amides is 1. The van der Waals surface area contributed by atoms with Gasteiger partial charge in [-0.25, -0.2) is 9.97 Å².